The molecule has 0 spiro atoms. The van der Waals surface area contributed by atoms with Crippen LogP contribution in [0.5, 0.6) is 5.75 Å². The van der Waals surface area contributed by atoms with Crippen molar-refractivity contribution < 1.29 is 19.8 Å². The van der Waals surface area contributed by atoms with E-state index in [1.807, 2.05) is 24.0 Å². The molecule has 2 aromatic carbocycles. The third kappa shape index (κ3) is 6.37. The van der Waals surface area contributed by atoms with Gasteiger partial charge in [0, 0.05) is 37.5 Å². The van der Waals surface area contributed by atoms with Crippen LogP contribution in [-0.4, -0.2) is 33.2 Å². The minimum atomic E-state index is -0.768. The number of carboxylic acid groups (broad SMARTS) is 1. The Morgan fingerprint density at radius 1 is 0.970 bits per heavy atom. The number of nitrogens with zero attached hydrogens (tertiary/aromatic N) is 2. The summed E-state index contributed by atoms with van der Waals surface area (Å²) in [6.45, 7) is 5.01. The minimum Gasteiger partial charge on any atom is -0.508 e. The summed E-state index contributed by atoms with van der Waals surface area (Å²) < 4.78 is 2.25. The second-order valence-corrected chi connectivity index (χ2v) is 8.60. The molecule has 0 atom stereocenters. The van der Waals surface area contributed by atoms with Crippen molar-refractivity contribution in [2.24, 2.45) is 0 Å². The number of benzene rings is 2. The molecule has 2 N–H and O–H groups in total. The van der Waals surface area contributed by atoms with Crippen LogP contribution in [0.3, 0.4) is 0 Å². The number of aryl methyl sites for hydroxylation is 2. The van der Waals surface area contributed by atoms with E-state index in [9.17, 15) is 14.7 Å². The van der Waals surface area contributed by atoms with Crippen molar-refractivity contribution in [1.29, 1.82) is 0 Å². The lowest BCUT2D eigenvalue weighted by Crippen LogP contribution is -2.30. The Bertz CT molecular complexity index is 1090. The molecule has 0 aliphatic rings. The predicted octanol–water partition coefficient (Wildman–Crippen LogP) is 5.68. The number of carbonyl (C=O) groups is 2. The number of anilines is 1. The van der Waals surface area contributed by atoms with Gasteiger partial charge < -0.3 is 19.7 Å². The molecular formula is C27H34N2O4. The lowest BCUT2D eigenvalue weighted by molar-refractivity contribution is -0.137. The van der Waals surface area contributed by atoms with Crippen molar-refractivity contribution in [3.63, 3.8) is 0 Å². The topological polar surface area (TPSA) is 82.8 Å². The lowest BCUT2D eigenvalue weighted by atomic mass is 10.1. The van der Waals surface area contributed by atoms with Gasteiger partial charge in [0.15, 0.2) is 0 Å². The van der Waals surface area contributed by atoms with E-state index in [-0.39, 0.29) is 18.1 Å². The molecule has 1 aromatic heterocycles. The molecule has 6 nitrogen and oxygen atoms in total. The molecule has 3 aromatic rings. The van der Waals surface area contributed by atoms with Crippen molar-refractivity contribution in [3.8, 4) is 5.75 Å². The summed E-state index contributed by atoms with van der Waals surface area (Å²) in [7, 11) is 0. The number of carbonyl (C=O) groups excluding carboxylic acids is 1. The molecule has 0 aliphatic heterocycles. The van der Waals surface area contributed by atoms with Crippen molar-refractivity contribution in [3.05, 3.63) is 59.8 Å². The SMILES string of the molecule is CC(=O)N(CCCCCCC(=O)O)c1c(C)n(CCCc2ccccc2)c2ccc(O)cc12. The van der Waals surface area contributed by atoms with E-state index in [0.717, 1.165) is 60.9 Å². The number of hydrogen-bond donors (Lipinski definition) is 2. The molecule has 0 aliphatic carbocycles. The summed E-state index contributed by atoms with van der Waals surface area (Å²) in [4.78, 5) is 25.1. The summed E-state index contributed by atoms with van der Waals surface area (Å²) in [6.07, 6.45) is 5.29. The van der Waals surface area contributed by atoms with Crippen LogP contribution in [0.2, 0.25) is 0 Å². The van der Waals surface area contributed by atoms with Gasteiger partial charge in [-0.2, -0.15) is 0 Å². The Hall–Kier alpha value is -3.28. The fourth-order valence-electron chi connectivity index (χ4n) is 4.49. The number of amides is 1. The molecule has 0 saturated carbocycles. The van der Waals surface area contributed by atoms with Crippen molar-refractivity contribution >= 4 is 28.5 Å². The van der Waals surface area contributed by atoms with Gasteiger partial charge in [-0.25, -0.2) is 0 Å². The highest BCUT2D eigenvalue weighted by Crippen LogP contribution is 2.36. The number of aliphatic carboxylic acids is 1. The number of phenols is 1. The highest BCUT2D eigenvalue weighted by atomic mass is 16.4. The summed E-state index contributed by atoms with van der Waals surface area (Å²) >= 11 is 0. The van der Waals surface area contributed by atoms with Crippen LogP contribution in [0, 0.1) is 6.92 Å². The molecule has 1 amide bonds. The maximum atomic E-state index is 12.6. The maximum absolute atomic E-state index is 12.6. The van der Waals surface area contributed by atoms with Crippen molar-refractivity contribution in [2.45, 2.75) is 65.3 Å². The van der Waals surface area contributed by atoms with Gasteiger partial charge in [0.1, 0.15) is 5.75 Å². The largest absolute Gasteiger partial charge is 0.508 e. The molecule has 176 valence electrons. The van der Waals surface area contributed by atoms with E-state index >= 15 is 0 Å². The van der Waals surface area contributed by atoms with Gasteiger partial charge in [0.05, 0.1) is 11.2 Å². The zero-order valence-corrected chi connectivity index (χ0v) is 19.6. The van der Waals surface area contributed by atoms with Gasteiger partial charge in [-0.3, -0.25) is 9.59 Å². The molecule has 0 unspecified atom stereocenters. The smallest absolute Gasteiger partial charge is 0.303 e. The van der Waals surface area contributed by atoms with E-state index in [2.05, 4.69) is 28.8 Å². The molecule has 33 heavy (non-hydrogen) atoms. The number of aromatic nitrogens is 1. The summed E-state index contributed by atoms with van der Waals surface area (Å²) in [5.41, 5.74) is 4.20. The van der Waals surface area contributed by atoms with Gasteiger partial charge in [-0.15, -0.1) is 0 Å². The minimum absolute atomic E-state index is 0.0321. The zero-order valence-electron chi connectivity index (χ0n) is 19.6. The van der Waals surface area contributed by atoms with E-state index < -0.39 is 5.97 Å². The van der Waals surface area contributed by atoms with Gasteiger partial charge in [-0.1, -0.05) is 43.2 Å². The van der Waals surface area contributed by atoms with E-state index in [1.165, 1.54) is 5.56 Å². The molecule has 0 bridgehead atoms. The molecule has 6 heteroatoms. The van der Waals surface area contributed by atoms with Crippen LogP contribution in [0.4, 0.5) is 5.69 Å². The van der Waals surface area contributed by atoms with E-state index in [4.69, 9.17) is 5.11 Å². The normalized spacial score (nSPS) is 11.1. The van der Waals surface area contributed by atoms with Gasteiger partial charge in [0.2, 0.25) is 5.91 Å². The first-order chi connectivity index (χ1) is 15.9. The Morgan fingerprint density at radius 2 is 1.70 bits per heavy atom. The number of hydrogen-bond acceptors (Lipinski definition) is 3. The first-order valence-electron chi connectivity index (χ1n) is 11.7. The second-order valence-electron chi connectivity index (χ2n) is 8.60. The standard InChI is InChI=1S/C27H34N2O4/c1-20-27(29(21(2)30)17-9-4-3-8-14-26(32)33)24-19-23(31)15-16-25(24)28(20)18-10-13-22-11-6-5-7-12-22/h5-7,11-12,15-16,19,31H,3-4,8-10,13-14,17-18H2,1-2H3,(H,32,33). The van der Waals surface area contributed by atoms with Gasteiger partial charge in [0.25, 0.3) is 0 Å². The molecule has 0 fully saturated rings. The number of aromatic hydroxyl groups is 1. The maximum Gasteiger partial charge on any atom is 0.303 e. The van der Waals surface area contributed by atoms with E-state index in [1.54, 1.807) is 19.1 Å². The zero-order chi connectivity index (χ0) is 23.8. The number of carboxylic acids is 1. The van der Waals surface area contributed by atoms with Crippen LogP contribution < -0.4 is 4.90 Å². The average molecular weight is 451 g/mol. The lowest BCUT2D eigenvalue weighted by Gasteiger charge is -2.22. The summed E-state index contributed by atoms with van der Waals surface area (Å²) in [5, 5.41) is 19.8. The van der Waals surface area contributed by atoms with Crippen LogP contribution in [0.15, 0.2) is 48.5 Å². The fraction of sp³-hybridized carbons (Fsp3) is 0.407. The van der Waals surface area contributed by atoms with Crippen LogP contribution in [0.25, 0.3) is 10.9 Å². The Labute approximate surface area is 195 Å². The molecule has 0 radical (unpaired) electrons. The quantitative estimate of drug-likeness (QED) is 0.348. The van der Waals surface area contributed by atoms with Crippen molar-refractivity contribution in [2.75, 3.05) is 11.4 Å². The average Bonchev–Trinajstić information content (AvgIpc) is 3.04. The summed E-state index contributed by atoms with van der Waals surface area (Å²) in [5.74, 6) is -0.617. The fourth-order valence-corrected chi connectivity index (χ4v) is 4.49. The Balaban J connectivity index is 1.79. The predicted molar refractivity (Wildman–Crippen MR) is 132 cm³/mol. The third-order valence-electron chi connectivity index (χ3n) is 6.14. The Kier molecular flexibility index (Phi) is 8.52. The summed E-state index contributed by atoms with van der Waals surface area (Å²) in [6, 6.07) is 15.8. The van der Waals surface area contributed by atoms with E-state index in [0.29, 0.717) is 13.0 Å². The number of rotatable bonds is 12. The van der Waals surface area contributed by atoms with Crippen LogP contribution in [0.1, 0.15) is 56.7 Å². The monoisotopic (exact) mass is 450 g/mol. The molecule has 1 heterocycles. The van der Waals surface area contributed by atoms with Crippen LogP contribution >= 0.6 is 0 Å². The highest BCUT2D eigenvalue weighted by molar-refractivity contribution is 6.04. The molecule has 0 saturated heterocycles. The third-order valence-corrected chi connectivity index (χ3v) is 6.14. The van der Waals surface area contributed by atoms with Crippen molar-refractivity contribution in [1.82, 2.24) is 4.57 Å². The Morgan fingerprint density at radius 3 is 2.39 bits per heavy atom. The van der Waals surface area contributed by atoms with Gasteiger partial charge in [-0.05, 0) is 56.4 Å². The number of fused-ring (bicyclic) bond motifs is 1. The highest BCUT2D eigenvalue weighted by Gasteiger charge is 2.22. The number of unbranched alkanes of at least 4 members (excludes halogenated alkanes) is 3. The van der Waals surface area contributed by atoms with Gasteiger partial charge >= 0.3 is 5.97 Å². The number of phenolic OH excluding ortho intramolecular Hbond substituents is 1. The second kappa shape index (κ2) is 11.5. The molecular weight excluding hydrogens is 416 g/mol. The first-order valence-corrected chi connectivity index (χ1v) is 11.7. The van der Waals surface area contributed by atoms with Crippen LogP contribution in [-0.2, 0) is 22.6 Å². The molecule has 3 rings (SSSR count). The first kappa shape index (κ1) is 24.4.